The molecule has 3 aliphatic rings. The van der Waals surface area contributed by atoms with E-state index in [2.05, 4.69) is 16.4 Å². The third kappa shape index (κ3) is 2.88. The molecule has 4 heterocycles. The van der Waals surface area contributed by atoms with Crippen molar-refractivity contribution in [2.24, 2.45) is 11.8 Å². The number of carbonyl (C=O) groups is 2. The van der Waals surface area contributed by atoms with Gasteiger partial charge in [-0.1, -0.05) is 36.4 Å². The smallest absolute Gasteiger partial charge is 0.231 e. The van der Waals surface area contributed by atoms with Crippen LogP contribution in [0, 0.1) is 17.7 Å². The molecule has 0 aliphatic carbocycles. The normalized spacial score (nSPS) is 28.0. The molecule has 3 aliphatic heterocycles. The summed E-state index contributed by atoms with van der Waals surface area (Å²) >= 11 is 0. The number of carbonyl (C=O) groups excluding carboxylic acids is 2. The Bertz CT molecular complexity index is 1270. The van der Waals surface area contributed by atoms with E-state index in [0.717, 1.165) is 16.5 Å². The highest BCUT2D eigenvalue weighted by Gasteiger charge is 2.66. The van der Waals surface area contributed by atoms with Crippen LogP contribution in [-0.2, 0) is 20.7 Å². The topological polar surface area (TPSA) is 74.4 Å². The molecule has 0 radical (unpaired) electrons. The van der Waals surface area contributed by atoms with Crippen molar-refractivity contribution in [3.8, 4) is 0 Å². The van der Waals surface area contributed by atoms with Crippen molar-refractivity contribution in [1.29, 1.82) is 0 Å². The molecule has 1 spiro atoms. The quantitative estimate of drug-likeness (QED) is 0.609. The zero-order valence-corrected chi connectivity index (χ0v) is 17.3. The van der Waals surface area contributed by atoms with Gasteiger partial charge in [-0.05, 0) is 36.2 Å². The standard InChI is InChI=1S/C25H22FN3O3/c26-16-4-3-5-17(12-16)28-23(30)21-20-8-10-25(32-20)14-29(24(31)22(21)25)11-9-15-13-27-19-7-2-1-6-18(15)19/h1-8,10,12-13,20-22,27H,9,11,14H2,(H,28,30)/t20-,21?,22?,25-/m0/s1. The maximum Gasteiger partial charge on any atom is 0.231 e. The van der Waals surface area contributed by atoms with Gasteiger partial charge in [-0.15, -0.1) is 0 Å². The molecule has 6 rings (SSSR count). The number of amides is 2. The number of para-hydroxylation sites is 1. The van der Waals surface area contributed by atoms with Gasteiger partial charge in [0.1, 0.15) is 11.4 Å². The molecule has 2 bridgehead atoms. The number of hydrogen-bond donors (Lipinski definition) is 2. The lowest BCUT2D eigenvalue weighted by atomic mass is 9.77. The summed E-state index contributed by atoms with van der Waals surface area (Å²) in [6.45, 7) is 0.995. The molecule has 3 aromatic rings. The highest BCUT2D eigenvalue weighted by atomic mass is 19.1. The fourth-order valence-corrected chi connectivity index (χ4v) is 5.45. The van der Waals surface area contributed by atoms with Crippen LogP contribution >= 0.6 is 0 Å². The summed E-state index contributed by atoms with van der Waals surface area (Å²) in [7, 11) is 0. The maximum atomic E-state index is 13.5. The largest absolute Gasteiger partial charge is 0.361 e. The highest BCUT2D eigenvalue weighted by Crippen LogP contribution is 2.52. The first-order valence-electron chi connectivity index (χ1n) is 10.8. The van der Waals surface area contributed by atoms with E-state index in [1.165, 1.54) is 18.2 Å². The van der Waals surface area contributed by atoms with Gasteiger partial charge in [0.25, 0.3) is 0 Å². The van der Waals surface area contributed by atoms with Crippen molar-refractivity contribution >= 4 is 28.4 Å². The van der Waals surface area contributed by atoms with Gasteiger partial charge < -0.3 is 19.9 Å². The molecule has 162 valence electrons. The number of benzene rings is 2. The molecule has 0 saturated carbocycles. The number of H-pyrrole nitrogens is 1. The predicted octanol–water partition coefficient (Wildman–Crippen LogP) is 3.27. The summed E-state index contributed by atoms with van der Waals surface area (Å²) in [5, 5.41) is 3.92. The second-order valence-electron chi connectivity index (χ2n) is 8.77. The number of halogens is 1. The molecule has 1 aromatic heterocycles. The number of fused-ring (bicyclic) bond motifs is 2. The molecule has 2 N–H and O–H groups in total. The predicted molar refractivity (Wildman–Crippen MR) is 117 cm³/mol. The molecular formula is C25H22FN3O3. The van der Waals surface area contributed by atoms with Gasteiger partial charge in [0.15, 0.2) is 0 Å². The van der Waals surface area contributed by atoms with Crippen LogP contribution in [0.4, 0.5) is 10.1 Å². The number of aromatic amines is 1. The number of rotatable bonds is 5. The molecule has 2 fully saturated rings. The number of ether oxygens (including phenoxy) is 1. The summed E-state index contributed by atoms with van der Waals surface area (Å²) in [5.74, 6) is -1.99. The van der Waals surface area contributed by atoms with E-state index in [-0.39, 0.29) is 11.8 Å². The van der Waals surface area contributed by atoms with Gasteiger partial charge in [0.05, 0.1) is 24.5 Å². The molecule has 2 saturated heterocycles. The van der Waals surface area contributed by atoms with E-state index in [4.69, 9.17) is 4.74 Å². The molecule has 4 atom stereocenters. The van der Waals surface area contributed by atoms with E-state index < -0.39 is 29.4 Å². The molecule has 6 nitrogen and oxygen atoms in total. The lowest BCUT2D eigenvalue weighted by Crippen LogP contribution is -2.41. The average molecular weight is 431 g/mol. The van der Waals surface area contributed by atoms with Gasteiger partial charge in [0.2, 0.25) is 11.8 Å². The van der Waals surface area contributed by atoms with Gasteiger partial charge >= 0.3 is 0 Å². The maximum absolute atomic E-state index is 13.5. The molecule has 32 heavy (non-hydrogen) atoms. The van der Waals surface area contributed by atoms with Crippen LogP contribution < -0.4 is 5.32 Å². The van der Waals surface area contributed by atoms with Crippen molar-refractivity contribution in [3.05, 3.63) is 78.3 Å². The van der Waals surface area contributed by atoms with Crippen molar-refractivity contribution in [3.63, 3.8) is 0 Å². The Hall–Kier alpha value is -3.45. The Balaban J connectivity index is 1.20. The first-order valence-corrected chi connectivity index (χ1v) is 10.8. The molecular weight excluding hydrogens is 409 g/mol. The molecule has 2 unspecified atom stereocenters. The number of likely N-dealkylation sites (tertiary alicyclic amines) is 1. The fourth-order valence-electron chi connectivity index (χ4n) is 5.45. The zero-order valence-electron chi connectivity index (χ0n) is 17.3. The van der Waals surface area contributed by atoms with E-state index in [0.29, 0.717) is 25.2 Å². The number of anilines is 1. The minimum atomic E-state index is -0.758. The summed E-state index contributed by atoms with van der Waals surface area (Å²) in [5.41, 5.74) is 1.84. The summed E-state index contributed by atoms with van der Waals surface area (Å²) < 4.78 is 19.7. The van der Waals surface area contributed by atoms with Crippen LogP contribution in [0.5, 0.6) is 0 Å². The second-order valence-corrected chi connectivity index (χ2v) is 8.77. The highest BCUT2D eigenvalue weighted by molar-refractivity contribution is 5.99. The lowest BCUT2D eigenvalue weighted by molar-refractivity contribution is -0.135. The Morgan fingerprint density at radius 2 is 2.12 bits per heavy atom. The SMILES string of the molecule is O=C(Nc1cccc(F)c1)C1C2C(=O)N(CCc3c[nH]c4ccccc34)C[C@@]23C=C[C@@H]1O3. The molecule has 2 amide bonds. The van der Waals surface area contributed by atoms with Gasteiger partial charge in [-0.3, -0.25) is 9.59 Å². The Labute approximate surface area is 184 Å². The monoisotopic (exact) mass is 431 g/mol. The first kappa shape index (κ1) is 19.3. The van der Waals surface area contributed by atoms with E-state index in [1.54, 1.807) is 11.0 Å². The van der Waals surface area contributed by atoms with Crippen molar-refractivity contribution in [2.75, 3.05) is 18.4 Å². The third-order valence-corrected chi connectivity index (χ3v) is 6.90. The Morgan fingerprint density at radius 1 is 1.25 bits per heavy atom. The van der Waals surface area contributed by atoms with E-state index in [9.17, 15) is 14.0 Å². The number of aromatic nitrogens is 1. The van der Waals surface area contributed by atoms with Crippen LogP contribution in [0.25, 0.3) is 10.9 Å². The third-order valence-electron chi connectivity index (χ3n) is 6.90. The van der Waals surface area contributed by atoms with Gasteiger partial charge in [0, 0.05) is 29.3 Å². The molecule has 7 heteroatoms. The number of nitrogens with zero attached hydrogens (tertiary/aromatic N) is 1. The van der Waals surface area contributed by atoms with Crippen LogP contribution in [-0.4, -0.2) is 46.5 Å². The minimum Gasteiger partial charge on any atom is -0.361 e. The van der Waals surface area contributed by atoms with E-state index in [1.807, 2.05) is 36.5 Å². The second kappa shape index (κ2) is 7.03. The number of hydrogen-bond acceptors (Lipinski definition) is 3. The molecule has 2 aromatic carbocycles. The lowest BCUT2D eigenvalue weighted by Gasteiger charge is -2.23. The van der Waals surface area contributed by atoms with Gasteiger partial charge in [-0.25, -0.2) is 4.39 Å². The van der Waals surface area contributed by atoms with Crippen molar-refractivity contribution < 1.29 is 18.7 Å². The first-order chi connectivity index (χ1) is 15.5. The van der Waals surface area contributed by atoms with Crippen LogP contribution in [0.2, 0.25) is 0 Å². The van der Waals surface area contributed by atoms with Crippen molar-refractivity contribution in [2.45, 2.75) is 18.1 Å². The summed E-state index contributed by atoms with van der Waals surface area (Å²) in [6.07, 6.45) is 6.09. The number of nitrogens with one attached hydrogen (secondary N) is 2. The fraction of sp³-hybridized carbons (Fsp3) is 0.280. The minimum absolute atomic E-state index is 0.0592. The van der Waals surface area contributed by atoms with Crippen LogP contribution in [0.15, 0.2) is 66.9 Å². The Morgan fingerprint density at radius 3 is 3.00 bits per heavy atom. The van der Waals surface area contributed by atoms with E-state index >= 15 is 0 Å². The Kier molecular flexibility index (Phi) is 4.23. The van der Waals surface area contributed by atoms with Crippen LogP contribution in [0.1, 0.15) is 5.56 Å². The summed E-state index contributed by atoms with van der Waals surface area (Å²) in [6, 6.07) is 13.8. The van der Waals surface area contributed by atoms with Crippen LogP contribution in [0.3, 0.4) is 0 Å². The van der Waals surface area contributed by atoms with Crippen molar-refractivity contribution in [1.82, 2.24) is 9.88 Å². The zero-order chi connectivity index (χ0) is 21.9. The van der Waals surface area contributed by atoms with Gasteiger partial charge in [-0.2, -0.15) is 0 Å². The summed E-state index contributed by atoms with van der Waals surface area (Å²) in [4.78, 5) is 31.5. The average Bonchev–Trinajstić information content (AvgIpc) is 3.52.